The lowest BCUT2D eigenvalue weighted by Crippen LogP contribution is -2.35. The van der Waals surface area contributed by atoms with Crippen molar-refractivity contribution in [3.63, 3.8) is 0 Å². The summed E-state index contributed by atoms with van der Waals surface area (Å²) in [5.41, 5.74) is 3.04. The van der Waals surface area contributed by atoms with Crippen LogP contribution in [0, 0.1) is 0 Å². The lowest BCUT2D eigenvalue weighted by Gasteiger charge is -2.39. The van der Waals surface area contributed by atoms with Crippen LogP contribution in [0.2, 0.25) is 0 Å². The SMILES string of the molecule is O=C(Nc1ccc2c(c1)B(O)OC21CCC1)c1cn(-c2ccccc2)nn1. The van der Waals surface area contributed by atoms with E-state index >= 15 is 0 Å². The van der Waals surface area contributed by atoms with Gasteiger partial charge in [0.2, 0.25) is 0 Å². The highest BCUT2D eigenvalue weighted by Gasteiger charge is 2.50. The fourth-order valence-corrected chi connectivity index (χ4v) is 3.76. The van der Waals surface area contributed by atoms with Gasteiger partial charge in [-0.05, 0) is 54.6 Å². The Hall–Kier alpha value is -2.97. The van der Waals surface area contributed by atoms with Gasteiger partial charge in [0.25, 0.3) is 5.91 Å². The summed E-state index contributed by atoms with van der Waals surface area (Å²) in [6, 6.07) is 15.0. The van der Waals surface area contributed by atoms with Crippen LogP contribution in [0.5, 0.6) is 0 Å². The molecular formula is C19H17BN4O3. The molecular weight excluding hydrogens is 343 g/mol. The zero-order chi connectivity index (χ0) is 18.4. The van der Waals surface area contributed by atoms with Crippen molar-refractivity contribution in [1.29, 1.82) is 0 Å². The third-order valence-corrected chi connectivity index (χ3v) is 5.31. The van der Waals surface area contributed by atoms with E-state index in [0.29, 0.717) is 5.69 Å². The Bertz CT molecular complexity index is 1020. The molecule has 0 atom stereocenters. The van der Waals surface area contributed by atoms with Gasteiger partial charge in [-0.3, -0.25) is 4.79 Å². The third-order valence-electron chi connectivity index (χ3n) is 5.31. The summed E-state index contributed by atoms with van der Waals surface area (Å²) in [7, 11) is -0.948. The molecule has 1 aromatic heterocycles. The number of rotatable bonds is 3. The monoisotopic (exact) mass is 360 g/mol. The molecule has 1 aliphatic heterocycles. The number of carbonyl (C=O) groups is 1. The maximum Gasteiger partial charge on any atom is 0.492 e. The summed E-state index contributed by atoms with van der Waals surface area (Å²) >= 11 is 0. The number of aromatic nitrogens is 3. The number of nitrogens with zero attached hydrogens (tertiary/aromatic N) is 3. The second kappa shape index (κ2) is 6.04. The molecule has 8 heteroatoms. The van der Waals surface area contributed by atoms with Crippen molar-refractivity contribution in [3.8, 4) is 5.69 Å². The Morgan fingerprint density at radius 2 is 2.04 bits per heavy atom. The quantitative estimate of drug-likeness (QED) is 0.693. The van der Waals surface area contributed by atoms with E-state index in [1.165, 1.54) is 0 Å². The van der Waals surface area contributed by atoms with Crippen molar-refractivity contribution in [3.05, 3.63) is 66.0 Å². The molecule has 0 radical (unpaired) electrons. The van der Waals surface area contributed by atoms with Crippen LogP contribution in [0.25, 0.3) is 5.69 Å². The van der Waals surface area contributed by atoms with E-state index in [-0.39, 0.29) is 17.2 Å². The van der Waals surface area contributed by atoms with Crippen molar-refractivity contribution in [2.45, 2.75) is 24.9 Å². The number of fused-ring (bicyclic) bond motifs is 2. The first-order valence-corrected chi connectivity index (χ1v) is 8.94. The highest BCUT2D eigenvalue weighted by atomic mass is 16.5. The van der Waals surface area contributed by atoms with Gasteiger partial charge in [0.15, 0.2) is 5.69 Å². The summed E-state index contributed by atoms with van der Waals surface area (Å²) in [6.07, 6.45) is 4.53. The van der Waals surface area contributed by atoms with Crippen LogP contribution in [0.4, 0.5) is 5.69 Å². The smallest absolute Gasteiger partial charge is 0.423 e. The average molecular weight is 360 g/mol. The Kier molecular flexibility index (Phi) is 3.63. The Morgan fingerprint density at radius 1 is 1.22 bits per heavy atom. The van der Waals surface area contributed by atoms with E-state index in [2.05, 4.69) is 15.6 Å². The first-order valence-electron chi connectivity index (χ1n) is 8.94. The highest BCUT2D eigenvalue weighted by Crippen LogP contribution is 2.47. The predicted octanol–water partition coefficient (Wildman–Crippen LogP) is 1.62. The van der Waals surface area contributed by atoms with Gasteiger partial charge < -0.3 is 15.0 Å². The summed E-state index contributed by atoms with van der Waals surface area (Å²) in [5, 5.41) is 21.0. The van der Waals surface area contributed by atoms with E-state index in [0.717, 1.165) is 36.0 Å². The van der Waals surface area contributed by atoms with E-state index in [1.54, 1.807) is 16.9 Å². The van der Waals surface area contributed by atoms with Gasteiger partial charge in [-0.2, -0.15) is 0 Å². The zero-order valence-electron chi connectivity index (χ0n) is 14.5. The summed E-state index contributed by atoms with van der Waals surface area (Å²) < 4.78 is 7.32. The lowest BCUT2D eigenvalue weighted by atomic mass is 9.72. The number of nitrogens with one attached hydrogen (secondary N) is 1. The second-order valence-electron chi connectivity index (χ2n) is 6.96. The molecule has 2 heterocycles. The molecule has 1 aliphatic carbocycles. The van der Waals surface area contributed by atoms with Crippen LogP contribution >= 0.6 is 0 Å². The molecule has 1 fully saturated rings. The number of para-hydroxylation sites is 1. The molecule has 2 aliphatic rings. The van der Waals surface area contributed by atoms with Crippen LogP contribution in [-0.4, -0.2) is 33.0 Å². The molecule has 0 unspecified atom stereocenters. The minimum Gasteiger partial charge on any atom is -0.423 e. The molecule has 1 spiro atoms. The second-order valence-corrected chi connectivity index (χ2v) is 6.96. The van der Waals surface area contributed by atoms with Gasteiger partial charge in [-0.25, -0.2) is 4.68 Å². The number of anilines is 1. The van der Waals surface area contributed by atoms with E-state index in [9.17, 15) is 9.82 Å². The molecule has 7 nitrogen and oxygen atoms in total. The minimum absolute atomic E-state index is 0.214. The van der Waals surface area contributed by atoms with Gasteiger partial charge in [-0.1, -0.05) is 29.5 Å². The Labute approximate surface area is 156 Å². The molecule has 3 aromatic rings. The third kappa shape index (κ3) is 2.65. The number of hydrogen-bond donors (Lipinski definition) is 2. The van der Waals surface area contributed by atoms with Gasteiger partial charge in [0.05, 0.1) is 17.5 Å². The fourth-order valence-electron chi connectivity index (χ4n) is 3.76. The summed E-state index contributed by atoms with van der Waals surface area (Å²) in [6.45, 7) is 0. The summed E-state index contributed by atoms with van der Waals surface area (Å²) in [4.78, 5) is 12.5. The van der Waals surface area contributed by atoms with Crippen LogP contribution in [0.15, 0.2) is 54.7 Å². The Morgan fingerprint density at radius 3 is 2.78 bits per heavy atom. The van der Waals surface area contributed by atoms with Crippen LogP contribution in [-0.2, 0) is 10.3 Å². The number of hydrogen-bond acceptors (Lipinski definition) is 5. The van der Waals surface area contributed by atoms with Crippen molar-refractivity contribution in [2.75, 3.05) is 5.32 Å². The molecule has 2 N–H and O–H groups in total. The molecule has 0 saturated heterocycles. The van der Waals surface area contributed by atoms with E-state index in [1.807, 2.05) is 42.5 Å². The lowest BCUT2D eigenvalue weighted by molar-refractivity contribution is -0.0152. The predicted molar refractivity (Wildman–Crippen MR) is 100.0 cm³/mol. The number of carbonyl (C=O) groups excluding carboxylic acids is 1. The molecule has 0 bridgehead atoms. The van der Waals surface area contributed by atoms with Gasteiger partial charge >= 0.3 is 7.12 Å². The standard InChI is InChI=1S/C19H17BN4O3/c25-18(17-12-24(23-22-17)14-5-2-1-3-6-14)21-13-7-8-15-16(11-13)20(26)27-19(15)9-4-10-19/h1-3,5-8,11-12,26H,4,9-10H2,(H,21,25). The molecule has 27 heavy (non-hydrogen) atoms. The maximum atomic E-state index is 12.5. The minimum atomic E-state index is -0.948. The molecule has 2 aromatic carbocycles. The largest absolute Gasteiger partial charge is 0.492 e. The van der Waals surface area contributed by atoms with Gasteiger partial charge in [0, 0.05) is 5.69 Å². The zero-order valence-corrected chi connectivity index (χ0v) is 14.5. The van der Waals surface area contributed by atoms with Gasteiger partial charge in [0.1, 0.15) is 0 Å². The number of benzene rings is 2. The van der Waals surface area contributed by atoms with Crippen LogP contribution in [0.3, 0.4) is 0 Å². The molecule has 134 valence electrons. The first-order chi connectivity index (χ1) is 13.1. The van der Waals surface area contributed by atoms with Gasteiger partial charge in [-0.15, -0.1) is 5.10 Å². The first kappa shape index (κ1) is 16.2. The highest BCUT2D eigenvalue weighted by molar-refractivity contribution is 6.62. The normalized spacial score (nSPS) is 16.9. The fraction of sp³-hybridized carbons (Fsp3) is 0.211. The molecule has 1 amide bonds. The van der Waals surface area contributed by atoms with Crippen LogP contribution < -0.4 is 10.8 Å². The maximum absolute atomic E-state index is 12.5. The van der Waals surface area contributed by atoms with E-state index in [4.69, 9.17) is 4.65 Å². The Balaban J connectivity index is 1.36. The van der Waals surface area contributed by atoms with E-state index < -0.39 is 7.12 Å². The van der Waals surface area contributed by atoms with Crippen molar-refractivity contribution < 1.29 is 14.5 Å². The van der Waals surface area contributed by atoms with Crippen molar-refractivity contribution in [1.82, 2.24) is 15.0 Å². The van der Waals surface area contributed by atoms with Crippen molar-refractivity contribution in [2.24, 2.45) is 0 Å². The summed E-state index contributed by atoms with van der Waals surface area (Å²) in [5.74, 6) is -0.358. The average Bonchev–Trinajstić information content (AvgIpc) is 3.26. The molecule has 1 saturated carbocycles. The van der Waals surface area contributed by atoms with Crippen LogP contribution in [0.1, 0.15) is 35.3 Å². The molecule has 5 rings (SSSR count). The topological polar surface area (TPSA) is 89.3 Å². The van der Waals surface area contributed by atoms with Crippen molar-refractivity contribution >= 4 is 24.2 Å². The number of amides is 1.